The number of hydrogen-bond donors (Lipinski definition) is 4. The minimum absolute atomic E-state index is 0.491. The van der Waals surface area contributed by atoms with Crippen LogP contribution in [0.4, 0.5) is 10.3 Å². The van der Waals surface area contributed by atoms with Crippen LogP contribution in [-0.2, 0) is 0 Å². The monoisotopic (exact) mass is 422 g/mol. The van der Waals surface area contributed by atoms with Gasteiger partial charge in [-0.3, -0.25) is 20.2 Å². The molecule has 0 amide bonds. The van der Waals surface area contributed by atoms with Gasteiger partial charge in [0.25, 0.3) is 0 Å². The molecule has 8 nitrogen and oxygen atoms in total. The maximum Gasteiger partial charge on any atom is 0.201 e. The molecule has 0 aliphatic rings. The first-order valence-electron chi connectivity index (χ1n) is 6.97. The summed E-state index contributed by atoms with van der Waals surface area (Å²) < 4.78 is 1.25. The summed E-state index contributed by atoms with van der Waals surface area (Å²) in [6, 6.07) is 7.93. The average molecular weight is 423 g/mol. The zero-order valence-electron chi connectivity index (χ0n) is 13.2. The summed E-state index contributed by atoms with van der Waals surface area (Å²) in [7, 11) is 0. The highest BCUT2D eigenvalue weighted by atomic mass is 32.2. The fourth-order valence-electron chi connectivity index (χ4n) is 1.57. The van der Waals surface area contributed by atoms with Crippen LogP contribution in [-0.4, -0.2) is 30.4 Å². The van der Waals surface area contributed by atoms with Gasteiger partial charge >= 0.3 is 0 Å². The van der Waals surface area contributed by atoms with Crippen molar-refractivity contribution in [3.8, 4) is 11.1 Å². The lowest BCUT2D eigenvalue weighted by Gasteiger charge is -1.97. The number of nitrogen functional groups attached to an aromatic ring is 2. The van der Waals surface area contributed by atoms with Gasteiger partial charge in [0.15, 0.2) is 7.91 Å². The van der Waals surface area contributed by atoms with E-state index in [1.165, 1.54) is 33.8 Å². The number of aromatic nitrogens is 6. The zero-order chi connectivity index (χ0) is 18.8. The normalized spacial score (nSPS) is 9.38. The highest BCUT2D eigenvalue weighted by Gasteiger charge is 1.92. The van der Waals surface area contributed by atoms with Crippen LogP contribution >= 0.6 is 47.1 Å². The molecule has 0 fully saturated rings. The number of H-pyrrole nitrogens is 2. The number of nitrogens with two attached hydrogens (primary N) is 2. The average Bonchev–Trinajstić information content (AvgIpc) is 3.24. The molecule has 4 heterocycles. The number of nitrogens with zero attached hydrogens (tertiary/aromatic N) is 4. The molecule has 0 saturated heterocycles. The van der Waals surface area contributed by atoms with Crippen molar-refractivity contribution in [3.63, 3.8) is 0 Å². The number of hydrogen-bond acceptors (Lipinski definition) is 10. The van der Waals surface area contributed by atoms with E-state index in [9.17, 15) is 0 Å². The summed E-state index contributed by atoms with van der Waals surface area (Å²) in [5.41, 5.74) is 12.7. The Morgan fingerprint density at radius 1 is 0.692 bits per heavy atom. The molecule has 0 aliphatic carbocycles. The van der Waals surface area contributed by atoms with Gasteiger partial charge in [-0.05, 0) is 59.8 Å². The first-order valence-corrected chi connectivity index (χ1v) is 9.42. The van der Waals surface area contributed by atoms with Gasteiger partial charge in [0.2, 0.25) is 10.3 Å². The van der Waals surface area contributed by atoms with Crippen LogP contribution in [0.2, 0.25) is 0 Å². The molecule has 0 aliphatic heterocycles. The maximum absolute atomic E-state index is 5.19. The summed E-state index contributed by atoms with van der Waals surface area (Å²) in [4.78, 5) is 7.91. The number of anilines is 2. The Morgan fingerprint density at radius 3 is 1.23 bits per heavy atom. The van der Waals surface area contributed by atoms with Crippen LogP contribution in [0.3, 0.4) is 0 Å². The van der Waals surface area contributed by atoms with Gasteiger partial charge in [0.05, 0.1) is 0 Å². The number of aromatic amines is 2. The Morgan fingerprint density at radius 2 is 1.04 bits per heavy atom. The molecule has 4 aromatic heterocycles. The second-order valence-electron chi connectivity index (χ2n) is 4.37. The minimum atomic E-state index is 0.491. The first-order chi connectivity index (χ1) is 12.5. The van der Waals surface area contributed by atoms with E-state index >= 15 is 0 Å². The molecule has 0 spiro atoms. The molecule has 0 aromatic carbocycles. The van der Waals surface area contributed by atoms with Crippen LogP contribution in [0.25, 0.3) is 11.1 Å². The van der Waals surface area contributed by atoms with E-state index in [2.05, 4.69) is 54.8 Å². The number of rotatable bonds is 1. The van der Waals surface area contributed by atoms with Gasteiger partial charge in [-0.1, -0.05) is 22.7 Å². The lowest BCUT2D eigenvalue weighted by atomic mass is 10.1. The van der Waals surface area contributed by atoms with E-state index in [4.69, 9.17) is 11.5 Å². The predicted octanol–water partition coefficient (Wildman–Crippen LogP) is 3.71. The standard InChI is InChI=1S/C10H8N2.2C2H3N3S2/c1-5-11-6-2-9(1)10-3-7-12-8-4-10;2*3-1-4-5-2(6)7-1/h1-8H;2*(H2,3,4)(H,5,6). The zero-order valence-corrected chi connectivity index (χ0v) is 16.5. The summed E-state index contributed by atoms with van der Waals surface area (Å²) >= 11 is 11.8. The van der Waals surface area contributed by atoms with Gasteiger partial charge in [0.1, 0.15) is 0 Å². The lowest BCUT2D eigenvalue weighted by Crippen LogP contribution is -1.79. The molecule has 12 heteroatoms. The van der Waals surface area contributed by atoms with Crippen LogP contribution in [0.15, 0.2) is 49.1 Å². The molecule has 0 saturated carbocycles. The summed E-state index contributed by atoms with van der Waals surface area (Å²) in [6.07, 6.45) is 7.15. The predicted molar refractivity (Wildman–Crippen MR) is 111 cm³/mol. The van der Waals surface area contributed by atoms with E-state index in [0.717, 1.165) is 0 Å². The third kappa shape index (κ3) is 7.14. The molecule has 0 radical (unpaired) electrons. The smallest absolute Gasteiger partial charge is 0.201 e. The summed E-state index contributed by atoms with van der Waals surface area (Å²) in [5, 5.41) is 13.2. The molecule has 6 N–H and O–H groups in total. The van der Waals surface area contributed by atoms with Crippen LogP contribution < -0.4 is 11.5 Å². The molecule has 0 atom stereocenters. The van der Waals surface area contributed by atoms with Gasteiger partial charge in [-0.25, -0.2) is 0 Å². The van der Waals surface area contributed by atoms with Gasteiger partial charge < -0.3 is 11.5 Å². The van der Waals surface area contributed by atoms with E-state index in [-0.39, 0.29) is 0 Å². The fourth-order valence-corrected chi connectivity index (χ4v) is 2.92. The Labute approximate surface area is 167 Å². The maximum atomic E-state index is 5.19. The van der Waals surface area contributed by atoms with Crippen molar-refractivity contribution >= 4 is 57.4 Å². The van der Waals surface area contributed by atoms with Crippen molar-refractivity contribution in [2.75, 3.05) is 11.5 Å². The second-order valence-corrected chi connectivity index (χ2v) is 7.77. The van der Waals surface area contributed by atoms with Gasteiger partial charge in [-0.2, -0.15) is 0 Å². The summed E-state index contributed by atoms with van der Waals surface area (Å²) in [5.74, 6) is 0. The van der Waals surface area contributed by atoms with Crippen molar-refractivity contribution in [1.82, 2.24) is 30.4 Å². The van der Waals surface area contributed by atoms with Crippen LogP contribution in [0.5, 0.6) is 0 Å². The molecule has 4 rings (SSSR count). The Balaban J connectivity index is 0.000000150. The van der Waals surface area contributed by atoms with Crippen molar-refractivity contribution in [2.45, 2.75) is 0 Å². The molecular weight excluding hydrogens is 408 g/mol. The van der Waals surface area contributed by atoms with E-state index in [1.54, 1.807) is 24.8 Å². The summed E-state index contributed by atoms with van der Waals surface area (Å²) in [6.45, 7) is 0. The van der Waals surface area contributed by atoms with Crippen LogP contribution in [0.1, 0.15) is 0 Å². The Hall–Kier alpha value is -2.54. The van der Waals surface area contributed by atoms with Gasteiger partial charge in [0, 0.05) is 24.8 Å². The third-order valence-electron chi connectivity index (χ3n) is 2.60. The fraction of sp³-hybridized carbons (Fsp3) is 0. The Bertz CT molecular complexity index is 922. The highest BCUT2D eigenvalue weighted by Crippen LogP contribution is 2.15. The molecule has 134 valence electrons. The second kappa shape index (κ2) is 10.5. The largest absolute Gasteiger partial charge is 0.374 e. The Kier molecular flexibility index (Phi) is 7.95. The van der Waals surface area contributed by atoms with E-state index in [1.807, 2.05) is 24.3 Å². The molecular formula is C14H14N8S4. The first kappa shape index (κ1) is 19.8. The van der Waals surface area contributed by atoms with E-state index < -0.39 is 0 Å². The SMILES string of the molecule is Nc1n[nH]c(=S)s1.Nc1n[nH]c(=S)s1.c1cc(-c2ccncc2)ccn1. The van der Waals surface area contributed by atoms with Gasteiger partial charge in [-0.15, -0.1) is 10.2 Å². The highest BCUT2D eigenvalue weighted by molar-refractivity contribution is 7.73. The molecule has 0 unspecified atom stereocenters. The van der Waals surface area contributed by atoms with Crippen molar-refractivity contribution in [1.29, 1.82) is 0 Å². The minimum Gasteiger partial charge on any atom is -0.374 e. The van der Waals surface area contributed by atoms with Crippen molar-refractivity contribution < 1.29 is 0 Å². The lowest BCUT2D eigenvalue weighted by molar-refractivity contribution is 1.09. The number of pyridine rings is 2. The topological polar surface area (TPSA) is 135 Å². The molecule has 4 aromatic rings. The van der Waals surface area contributed by atoms with Crippen LogP contribution in [0, 0.1) is 7.91 Å². The van der Waals surface area contributed by atoms with Crippen molar-refractivity contribution in [2.24, 2.45) is 0 Å². The van der Waals surface area contributed by atoms with E-state index in [0.29, 0.717) is 18.2 Å². The quantitative estimate of drug-likeness (QED) is 0.341. The molecule has 0 bridgehead atoms. The van der Waals surface area contributed by atoms with Crippen molar-refractivity contribution in [3.05, 3.63) is 57.0 Å². The third-order valence-corrected chi connectivity index (χ3v) is 4.44. The number of nitrogens with one attached hydrogen (secondary N) is 2. The molecule has 26 heavy (non-hydrogen) atoms.